The third-order valence-electron chi connectivity index (χ3n) is 2.97. The van der Waals surface area contributed by atoms with Gasteiger partial charge in [0, 0.05) is 12.4 Å². The Morgan fingerprint density at radius 3 is 2.18 bits per heavy atom. The van der Waals surface area contributed by atoms with E-state index in [1.807, 2.05) is 0 Å². The van der Waals surface area contributed by atoms with Gasteiger partial charge < -0.3 is 0 Å². The fourth-order valence-electron chi connectivity index (χ4n) is 1.17. The second-order valence-electron chi connectivity index (χ2n) is 4.48. The van der Waals surface area contributed by atoms with Crippen LogP contribution in [0.5, 0.6) is 0 Å². The first-order chi connectivity index (χ1) is 7.66. The van der Waals surface area contributed by atoms with Crippen LogP contribution in [-0.2, 0) is 0 Å². The molecular weight excluding hydrogens is 229 g/mol. The lowest BCUT2D eigenvalue weighted by Gasteiger charge is -2.28. The minimum atomic E-state index is -4.27. The van der Waals surface area contributed by atoms with E-state index in [0.717, 1.165) is 13.8 Å². The standard InChI is InChI=1S/C12H15F3N2/c1-8(11(3,4)12(13,14)15)7-10-9(2)16-5-6-17-10/h5-7H,1-4H3/b8-7+. The summed E-state index contributed by atoms with van der Waals surface area (Å²) in [6.07, 6.45) is 0.142. The lowest BCUT2D eigenvalue weighted by Crippen LogP contribution is -2.33. The summed E-state index contributed by atoms with van der Waals surface area (Å²) < 4.78 is 38.4. The molecule has 0 bridgehead atoms. The normalized spacial score (nSPS) is 13.9. The summed E-state index contributed by atoms with van der Waals surface area (Å²) in [5.41, 5.74) is -0.558. The smallest absolute Gasteiger partial charge is 0.258 e. The number of rotatable bonds is 2. The summed E-state index contributed by atoms with van der Waals surface area (Å²) in [5, 5.41) is 0. The van der Waals surface area contributed by atoms with Crippen molar-refractivity contribution in [3.05, 3.63) is 29.4 Å². The van der Waals surface area contributed by atoms with E-state index in [4.69, 9.17) is 0 Å². The molecule has 1 heterocycles. The molecule has 0 unspecified atom stereocenters. The van der Waals surface area contributed by atoms with Crippen LogP contribution < -0.4 is 0 Å². The molecule has 0 amide bonds. The molecule has 0 aliphatic heterocycles. The zero-order valence-corrected chi connectivity index (χ0v) is 10.3. The lowest BCUT2D eigenvalue weighted by molar-refractivity contribution is -0.197. The third kappa shape index (κ3) is 2.84. The van der Waals surface area contributed by atoms with Gasteiger partial charge in [-0.05, 0) is 33.8 Å². The van der Waals surface area contributed by atoms with Crippen LogP contribution in [0, 0.1) is 12.3 Å². The molecule has 0 spiro atoms. The molecule has 0 fully saturated rings. The molecule has 1 aromatic rings. The molecule has 94 valence electrons. The highest BCUT2D eigenvalue weighted by atomic mass is 19.4. The molecule has 1 rings (SSSR count). The first-order valence-corrected chi connectivity index (χ1v) is 5.19. The fraction of sp³-hybridized carbons (Fsp3) is 0.500. The molecule has 1 aromatic heterocycles. The van der Waals surface area contributed by atoms with Gasteiger partial charge in [0.05, 0.1) is 16.8 Å². The van der Waals surface area contributed by atoms with Crippen LogP contribution in [0.3, 0.4) is 0 Å². The quantitative estimate of drug-likeness (QED) is 0.791. The topological polar surface area (TPSA) is 25.8 Å². The monoisotopic (exact) mass is 244 g/mol. The van der Waals surface area contributed by atoms with Crippen molar-refractivity contribution in [2.75, 3.05) is 0 Å². The van der Waals surface area contributed by atoms with E-state index in [0.29, 0.717) is 11.4 Å². The molecule has 17 heavy (non-hydrogen) atoms. The van der Waals surface area contributed by atoms with Crippen LogP contribution in [0.25, 0.3) is 6.08 Å². The van der Waals surface area contributed by atoms with Gasteiger partial charge in [0.25, 0.3) is 0 Å². The highest BCUT2D eigenvalue weighted by Gasteiger charge is 2.48. The first-order valence-electron chi connectivity index (χ1n) is 5.19. The SMILES string of the molecule is C/C(=C\c1nccnc1C)C(C)(C)C(F)(F)F. The number of allylic oxidation sites excluding steroid dienone is 1. The predicted molar refractivity (Wildman–Crippen MR) is 60.3 cm³/mol. The van der Waals surface area contributed by atoms with Gasteiger partial charge in [0.1, 0.15) is 0 Å². The summed E-state index contributed by atoms with van der Waals surface area (Å²) in [6, 6.07) is 0. The van der Waals surface area contributed by atoms with E-state index in [2.05, 4.69) is 9.97 Å². The predicted octanol–water partition coefficient (Wildman–Crippen LogP) is 3.78. The van der Waals surface area contributed by atoms with Crippen LogP contribution in [-0.4, -0.2) is 16.1 Å². The maximum absolute atomic E-state index is 12.8. The van der Waals surface area contributed by atoms with E-state index in [-0.39, 0.29) is 5.57 Å². The Balaban J connectivity index is 3.14. The molecule has 2 nitrogen and oxygen atoms in total. The average molecular weight is 244 g/mol. The molecular formula is C12H15F3N2. The highest BCUT2D eigenvalue weighted by Crippen LogP contribution is 2.43. The minimum absolute atomic E-state index is 0.216. The van der Waals surface area contributed by atoms with E-state index in [1.165, 1.54) is 25.4 Å². The Kier molecular flexibility index (Phi) is 3.59. The molecule has 0 atom stereocenters. The third-order valence-corrected chi connectivity index (χ3v) is 2.97. The van der Waals surface area contributed by atoms with Gasteiger partial charge in [-0.25, -0.2) is 0 Å². The van der Waals surface area contributed by atoms with Gasteiger partial charge in [0.2, 0.25) is 0 Å². The average Bonchev–Trinajstić information content (AvgIpc) is 2.19. The van der Waals surface area contributed by atoms with Gasteiger partial charge in [-0.2, -0.15) is 13.2 Å². The fourth-order valence-corrected chi connectivity index (χ4v) is 1.17. The van der Waals surface area contributed by atoms with Crippen LogP contribution >= 0.6 is 0 Å². The highest BCUT2D eigenvalue weighted by molar-refractivity contribution is 5.51. The maximum atomic E-state index is 12.8. The molecule has 0 radical (unpaired) electrons. The molecule has 0 saturated heterocycles. The molecule has 0 N–H and O–H groups in total. The molecule has 0 aliphatic carbocycles. The van der Waals surface area contributed by atoms with Crippen molar-refractivity contribution in [3.8, 4) is 0 Å². The van der Waals surface area contributed by atoms with Crippen molar-refractivity contribution in [2.45, 2.75) is 33.9 Å². The number of hydrogen-bond donors (Lipinski definition) is 0. The number of hydrogen-bond acceptors (Lipinski definition) is 2. The van der Waals surface area contributed by atoms with E-state index in [9.17, 15) is 13.2 Å². The van der Waals surface area contributed by atoms with Crippen molar-refractivity contribution in [3.63, 3.8) is 0 Å². The van der Waals surface area contributed by atoms with E-state index < -0.39 is 11.6 Å². The number of aryl methyl sites for hydroxylation is 1. The second-order valence-corrected chi connectivity index (χ2v) is 4.48. The van der Waals surface area contributed by atoms with E-state index in [1.54, 1.807) is 6.92 Å². The zero-order chi connectivity index (χ0) is 13.3. The number of alkyl halides is 3. The van der Waals surface area contributed by atoms with Crippen molar-refractivity contribution in [1.82, 2.24) is 9.97 Å². The van der Waals surface area contributed by atoms with Crippen molar-refractivity contribution >= 4 is 6.08 Å². The van der Waals surface area contributed by atoms with Crippen molar-refractivity contribution in [1.29, 1.82) is 0 Å². The van der Waals surface area contributed by atoms with Crippen LogP contribution in [0.1, 0.15) is 32.2 Å². The first kappa shape index (κ1) is 13.7. The molecule has 5 heteroatoms. The summed E-state index contributed by atoms with van der Waals surface area (Å²) in [4.78, 5) is 8.00. The van der Waals surface area contributed by atoms with Gasteiger partial charge in [0.15, 0.2) is 0 Å². The zero-order valence-electron chi connectivity index (χ0n) is 10.3. The van der Waals surface area contributed by atoms with E-state index >= 15 is 0 Å². The summed E-state index contributed by atoms with van der Waals surface area (Å²) in [7, 11) is 0. The Morgan fingerprint density at radius 1 is 1.18 bits per heavy atom. The van der Waals surface area contributed by atoms with Crippen LogP contribution in [0.4, 0.5) is 13.2 Å². The largest absolute Gasteiger partial charge is 0.397 e. The number of nitrogens with zero attached hydrogens (tertiary/aromatic N) is 2. The van der Waals surface area contributed by atoms with Crippen LogP contribution in [0.2, 0.25) is 0 Å². The number of aromatic nitrogens is 2. The van der Waals surface area contributed by atoms with Gasteiger partial charge >= 0.3 is 6.18 Å². The van der Waals surface area contributed by atoms with Crippen molar-refractivity contribution in [2.24, 2.45) is 5.41 Å². The van der Waals surface area contributed by atoms with Crippen molar-refractivity contribution < 1.29 is 13.2 Å². The lowest BCUT2D eigenvalue weighted by atomic mass is 9.84. The molecule has 0 aromatic carbocycles. The van der Waals surface area contributed by atoms with Crippen LogP contribution in [0.15, 0.2) is 18.0 Å². The second kappa shape index (κ2) is 4.47. The Labute approximate surface area is 98.6 Å². The molecule has 0 aliphatic rings. The van der Waals surface area contributed by atoms with Gasteiger partial charge in [-0.1, -0.05) is 5.57 Å². The number of halogens is 3. The Bertz CT molecular complexity index is 434. The van der Waals surface area contributed by atoms with Gasteiger partial charge in [-0.15, -0.1) is 0 Å². The summed E-state index contributed by atoms with van der Waals surface area (Å²) in [5.74, 6) is 0. The minimum Gasteiger partial charge on any atom is -0.258 e. The maximum Gasteiger partial charge on any atom is 0.397 e. The summed E-state index contributed by atoms with van der Waals surface area (Å²) in [6.45, 7) is 5.49. The Morgan fingerprint density at radius 2 is 1.71 bits per heavy atom. The summed E-state index contributed by atoms with van der Waals surface area (Å²) >= 11 is 0. The van der Waals surface area contributed by atoms with Gasteiger partial charge in [-0.3, -0.25) is 9.97 Å². The molecule has 0 saturated carbocycles. The Hall–Kier alpha value is -1.39.